The van der Waals surface area contributed by atoms with Crippen molar-refractivity contribution in [2.45, 2.75) is 12.7 Å². The monoisotopic (exact) mass is 930 g/mol. The van der Waals surface area contributed by atoms with Crippen LogP contribution in [0.5, 0.6) is 11.5 Å². The molecule has 0 atom stereocenters. The number of hydrogen-bond acceptors (Lipinski definition) is 2. The number of rotatable bonds is 3. The molecule has 228 valence electrons. The number of ether oxygens (including phenoxy) is 2. The van der Waals surface area contributed by atoms with Crippen molar-refractivity contribution < 1.29 is 70.7 Å². The Balaban J connectivity index is 0.000000341. The van der Waals surface area contributed by atoms with E-state index in [1.54, 1.807) is 22.6 Å². The molecule has 2 nitrogen and oxygen atoms in total. The molecule has 0 unspecified atom stereocenters. The summed E-state index contributed by atoms with van der Waals surface area (Å²) in [6, 6.07) is 16.5. The van der Waals surface area contributed by atoms with E-state index in [9.17, 15) is 43.9 Å². The summed E-state index contributed by atoms with van der Waals surface area (Å²) >= 11 is 8.36. The Morgan fingerprint density at radius 3 is 1.35 bits per heavy atom. The Morgan fingerprint density at radius 2 is 0.977 bits per heavy atom. The molecule has 0 saturated carbocycles. The summed E-state index contributed by atoms with van der Waals surface area (Å²) in [4.78, 5) is 0. The second-order valence-corrected chi connectivity index (χ2v) is 10.2. The van der Waals surface area contributed by atoms with E-state index in [1.807, 2.05) is 0 Å². The van der Waals surface area contributed by atoms with Gasteiger partial charge in [0, 0.05) is 14.7 Å². The van der Waals surface area contributed by atoms with Crippen LogP contribution in [0, 0.1) is 32.9 Å². The minimum absolute atomic E-state index is 0.0285. The first-order valence-electron chi connectivity index (χ1n) is 10.7. The zero-order valence-corrected chi connectivity index (χ0v) is 29.8. The molecule has 0 spiro atoms. The third-order valence-electron chi connectivity index (χ3n) is 4.25. The Labute approximate surface area is 282 Å². The third kappa shape index (κ3) is 15.3. The molecule has 0 aliphatic carbocycles. The van der Waals surface area contributed by atoms with Gasteiger partial charge in [-0.05, 0) is 64.6 Å². The third-order valence-corrected chi connectivity index (χ3v) is 6.20. The maximum absolute atomic E-state index is 13.7. The molecule has 4 aromatic carbocycles. The molecule has 4 aromatic rings. The van der Waals surface area contributed by atoms with E-state index in [4.69, 9.17) is 9.69 Å². The quantitative estimate of drug-likeness (QED) is 0.0509. The van der Waals surface area contributed by atoms with Gasteiger partial charge in [0.1, 0.15) is 29.0 Å². The first kappa shape index (κ1) is 39.4. The van der Waals surface area contributed by atoms with Gasteiger partial charge in [0.2, 0.25) is 0 Å². The van der Waals surface area contributed by atoms with Crippen LogP contribution in [0.3, 0.4) is 0 Å². The van der Waals surface area contributed by atoms with Crippen LogP contribution in [0.4, 0.5) is 43.9 Å². The van der Waals surface area contributed by atoms with Gasteiger partial charge >= 0.3 is 39.7 Å². The zero-order valence-electron chi connectivity index (χ0n) is 20.7. The molecule has 0 amide bonds. The summed E-state index contributed by atoms with van der Waals surface area (Å²) in [6.07, 6.45) is -9.42. The molecule has 0 aliphatic heterocycles. The summed E-state index contributed by atoms with van der Waals surface area (Å²) in [6.45, 7) is 0. The summed E-state index contributed by atoms with van der Waals surface area (Å²) in [5.41, 5.74) is -0.200. The summed E-state index contributed by atoms with van der Waals surface area (Å²) in [7, 11) is 4.76. The molecule has 0 heterocycles. The van der Waals surface area contributed by atoms with Crippen molar-refractivity contribution in [3.8, 4) is 22.6 Å². The fraction of sp³-hybridized carbons (Fsp3) is 0.0769. The van der Waals surface area contributed by atoms with Crippen molar-refractivity contribution in [2.24, 2.45) is 0 Å². The molecule has 4 rings (SSSR count). The van der Waals surface area contributed by atoms with Crippen molar-refractivity contribution in [3.63, 3.8) is 0 Å². The van der Waals surface area contributed by atoms with Crippen LogP contribution in [-0.4, -0.2) is 12.7 Å². The molecular weight excluding hydrogens is 922 g/mol. The van der Waals surface area contributed by atoms with E-state index in [1.165, 1.54) is 36.4 Å². The topological polar surface area (TPSA) is 18.5 Å². The molecule has 0 aromatic heterocycles. The summed E-state index contributed by atoms with van der Waals surface area (Å²) in [5.74, 6) is -3.39. The average Bonchev–Trinajstić information content (AvgIpc) is 2.88. The number of hydrogen-bond donors (Lipinski definition) is 0. The second kappa shape index (κ2) is 18.4. The van der Waals surface area contributed by atoms with E-state index < -0.39 is 41.7 Å². The van der Waals surface area contributed by atoms with Crippen LogP contribution in [0.15, 0.2) is 81.7 Å². The van der Waals surface area contributed by atoms with Crippen molar-refractivity contribution in [1.29, 1.82) is 0 Å². The van der Waals surface area contributed by atoms with Gasteiger partial charge < -0.3 is 9.47 Å². The van der Waals surface area contributed by atoms with Crippen LogP contribution in [0.2, 0.25) is 0 Å². The normalized spacial score (nSPS) is 10.7. The fourth-order valence-electron chi connectivity index (χ4n) is 2.74. The molecular formula is C26H12Br2ClF10IO2Zn. The minimum atomic E-state index is -4.81. The standard InChI is InChI=1S/C13H6BrF5O.C7H4F3O.C6H2BrF2I.ClH.Zn/c14-8-5-10(15)12(11(16)6-8)7-1-3-9(4-2-7)20-13(17,18)19;8-7(9,10)11-6-4-2-1-3-5-6;7-3-1-4(8)6(10)5(9)2-3;;/h1-6H;2-5H;1-2H;1H;/q;-1;;;+2/p-1. The van der Waals surface area contributed by atoms with Gasteiger partial charge in [0.05, 0.1) is 9.13 Å². The summed E-state index contributed by atoms with van der Waals surface area (Å²) < 4.78 is 131. The zero-order chi connectivity index (χ0) is 33.0. The van der Waals surface area contributed by atoms with Gasteiger partial charge in [0.25, 0.3) is 0 Å². The Morgan fingerprint density at radius 1 is 0.628 bits per heavy atom. The average molecular weight is 934 g/mol. The second-order valence-electron chi connectivity index (χ2n) is 7.28. The van der Waals surface area contributed by atoms with Gasteiger partial charge in [-0.1, -0.05) is 44.0 Å². The molecule has 0 bridgehead atoms. The number of halogens is 14. The first-order valence-corrected chi connectivity index (χ1v) is 17.3. The van der Waals surface area contributed by atoms with Gasteiger partial charge in [-0.2, -0.15) is 18.2 Å². The van der Waals surface area contributed by atoms with E-state index >= 15 is 0 Å². The molecule has 0 saturated heterocycles. The molecule has 0 radical (unpaired) electrons. The predicted octanol–water partition coefficient (Wildman–Crippen LogP) is 11.7. The van der Waals surface area contributed by atoms with E-state index in [0.29, 0.717) is 4.47 Å². The van der Waals surface area contributed by atoms with Crippen LogP contribution in [-0.2, 0) is 17.3 Å². The SMILES string of the molecule is FC(F)(F)Oc1cc[c-]cc1.Fc1cc(Br)cc(F)c1-c1ccc(OC(F)(F)F)cc1.Fc1cc(Br)cc(F)c1I.[Cl][Zn+]. The van der Waals surface area contributed by atoms with Gasteiger partial charge in [0.15, 0.2) is 0 Å². The van der Waals surface area contributed by atoms with Gasteiger partial charge in [-0.3, -0.25) is 0 Å². The molecule has 43 heavy (non-hydrogen) atoms. The maximum atomic E-state index is 13.7. The summed E-state index contributed by atoms with van der Waals surface area (Å²) in [5, 5.41) is 0. The molecule has 17 heteroatoms. The predicted molar refractivity (Wildman–Crippen MR) is 151 cm³/mol. The van der Waals surface area contributed by atoms with Gasteiger partial charge in [-0.25, -0.2) is 17.6 Å². The van der Waals surface area contributed by atoms with Crippen molar-refractivity contribution in [1.82, 2.24) is 0 Å². The van der Waals surface area contributed by atoms with E-state index in [0.717, 1.165) is 53.7 Å². The van der Waals surface area contributed by atoms with Crippen molar-refractivity contribution in [3.05, 3.63) is 115 Å². The van der Waals surface area contributed by atoms with Crippen molar-refractivity contribution >= 4 is 64.1 Å². The molecule has 0 N–H and O–H groups in total. The van der Waals surface area contributed by atoms with E-state index in [-0.39, 0.29) is 24.9 Å². The van der Waals surface area contributed by atoms with Crippen LogP contribution in [0.25, 0.3) is 11.1 Å². The first-order chi connectivity index (χ1) is 19.9. The fourth-order valence-corrected chi connectivity index (χ4v) is 3.85. The number of alkyl halides is 6. The Bertz CT molecular complexity index is 1400. The van der Waals surface area contributed by atoms with Crippen LogP contribution < -0.4 is 9.47 Å². The van der Waals surface area contributed by atoms with Crippen molar-refractivity contribution in [2.75, 3.05) is 0 Å². The molecule has 0 fully saturated rings. The van der Waals surface area contributed by atoms with E-state index in [2.05, 4.69) is 47.4 Å². The van der Waals surface area contributed by atoms with Crippen LogP contribution in [0.1, 0.15) is 0 Å². The Hall–Kier alpha value is -1.62. The van der Waals surface area contributed by atoms with Gasteiger partial charge in [-0.15, -0.1) is 38.5 Å². The van der Waals surface area contributed by atoms with Crippen LogP contribution >= 0.6 is 64.1 Å². The number of benzene rings is 4. The molecule has 0 aliphatic rings. The Kier molecular flexibility index (Phi) is 16.8.